The second kappa shape index (κ2) is 5.04. The van der Waals surface area contributed by atoms with E-state index in [2.05, 4.69) is 10.4 Å². The van der Waals surface area contributed by atoms with Crippen molar-refractivity contribution >= 4 is 11.6 Å². The summed E-state index contributed by atoms with van der Waals surface area (Å²) < 4.78 is 1.64. The molecule has 2 aromatic rings. The van der Waals surface area contributed by atoms with Gasteiger partial charge in [-0.2, -0.15) is 5.10 Å². The summed E-state index contributed by atoms with van der Waals surface area (Å²) in [4.78, 5) is 12.1. The zero-order valence-electron chi connectivity index (χ0n) is 10.8. The van der Waals surface area contributed by atoms with Gasteiger partial charge in [-0.1, -0.05) is 17.7 Å². The lowest BCUT2D eigenvalue weighted by atomic mass is 10.1. The number of amides is 1. The maximum atomic E-state index is 12.1. The molecule has 0 aliphatic heterocycles. The van der Waals surface area contributed by atoms with Crippen LogP contribution in [0.4, 0.5) is 5.69 Å². The van der Waals surface area contributed by atoms with E-state index < -0.39 is 0 Å². The monoisotopic (exact) mass is 243 g/mol. The van der Waals surface area contributed by atoms with E-state index in [0.29, 0.717) is 0 Å². The number of carbonyl (C=O) groups is 1. The van der Waals surface area contributed by atoms with Crippen LogP contribution in [0.25, 0.3) is 0 Å². The molecule has 1 amide bonds. The average Bonchev–Trinajstić information content (AvgIpc) is 2.85. The minimum atomic E-state index is -0.319. The van der Waals surface area contributed by atoms with Gasteiger partial charge in [0.05, 0.1) is 0 Å². The summed E-state index contributed by atoms with van der Waals surface area (Å²) in [7, 11) is 0. The summed E-state index contributed by atoms with van der Waals surface area (Å²) in [6.45, 7) is 5.85. The van der Waals surface area contributed by atoms with Crippen molar-refractivity contribution in [2.45, 2.75) is 26.8 Å². The van der Waals surface area contributed by atoms with Gasteiger partial charge < -0.3 is 5.32 Å². The van der Waals surface area contributed by atoms with Crippen molar-refractivity contribution in [1.29, 1.82) is 0 Å². The Balaban J connectivity index is 2.12. The van der Waals surface area contributed by atoms with Crippen LogP contribution in [0.1, 0.15) is 24.1 Å². The van der Waals surface area contributed by atoms with Crippen LogP contribution in [0.15, 0.2) is 36.7 Å². The lowest BCUT2D eigenvalue weighted by molar-refractivity contribution is -0.119. The number of nitrogens with one attached hydrogen (secondary N) is 1. The van der Waals surface area contributed by atoms with Gasteiger partial charge in [-0.25, -0.2) is 0 Å². The van der Waals surface area contributed by atoms with E-state index in [1.807, 2.05) is 39.0 Å². The van der Waals surface area contributed by atoms with Gasteiger partial charge in [-0.3, -0.25) is 9.48 Å². The van der Waals surface area contributed by atoms with Crippen molar-refractivity contribution in [3.63, 3.8) is 0 Å². The van der Waals surface area contributed by atoms with Gasteiger partial charge >= 0.3 is 0 Å². The normalized spacial score (nSPS) is 12.2. The molecule has 0 fully saturated rings. The van der Waals surface area contributed by atoms with Crippen LogP contribution in [0.2, 0.25) is 0 Å². The smallest absolute Gasteiger partial charge is 0.248 e. The van der Waals surface area contributed by atoms with Crippen molar-refractivity contribution < 1.29 is 4.79 Å². The molecular formula is C14H17N3O. The highest BCUT2D eigenvalue weighted by Crippen LogP contribution is 2.17. The largest absolute Gasteiger partial charge is 0.324 e. The SMILES string of the molecule is Cc1ccc(NC(=O)C(C)n2cccn2)c(C)c1. The van der Waals surface area contributed by atoms with E-state index in [-0.39, 0.29) is 11.9 Å². The van der Waals surface area contributed by atoms with Crippen LogP contribution in [-0.4, -0.2) is 15.7 Å². The summed E-state index contributed by atoms with van der Waals surface area (Å²) in [6, 6.07) is 7.45. The highest BCUT2D eigenvalue weighted by molar-refractivity contribution is 5.94. The van der Waals surface area contributed by atoms with Crippen LogP contribution < -0.4 is 5.32 Å². The van der Waals surface area contributed by atoms with Crippen molar-refractivity contribution in [3.05, 3.63) is 47.8 Å². The molecular weight excluding hydrogens is 226 g/mol. The van der Waals surface area contributed by atoms with E-state index in [1.54, 1.807) is 23.1 Å². The molecule has 0 saturated carbocycles. The zero-order chi connectivity index (χ0) is 13.1. The van der Waals surface area contributed by atoms with Crippen LogP contribution >= 0.6 is 0 Å². The van der Waals surface area contributed by atoms with E-state index in [1.165, 1.54) is 5.56 Å². The molecule has 94 valence electrons. The van der Waals surface area contributed by atoms with Crippen LogP contribution in [0, 0.1) is 13.8 Å². The maximum Gasteiger partial charge on any atom is 0.248 e. The Morgan fingerprint density at radius 3 is 2.78 bits per heavy atom. The van der Waals surface area contributed by atoms with E-state index >= 15 is 0 Å². The molecule has 1 atom stereocenters. The highest BCUT2D eigenvalue weighted by atomic mass is 16.2. The quantitative estimate of drug-likeness (QED) is 0.901. The fraction of sp³-hybridized carbons (Fsp3) is 0.286. The van der Waals surface area contributed by atoms with Gasteiger partial charge in [0.1, 0.15) is 6.04 Å². The van der Waals surface area contributed by atoms with Crippen LogP contribution in [-0.2, 0) is 4.79 Å². The number of nitrogens with zero attached hydrogens (tertiary/aromatic N) is 2. The Labute approximate surface area is 107 Å². The fourth-order valence-corrected chi connectivity index (χ4v) is 1.82. The topological polar surface area (TPSA) is 46.9 Å². The van der Waals surface area contributed by atoms with E-state index in [9.17, 15) is 4.79 Å². The number of benzene rings is 1. The Morgan fingerprint density at radius 2 is 2.17 bits per heavy atom. The first-order chi connectivity index (χ1) is 8.58. The molecule has 0 aliphatic carbocycles. The van der Waals surface area contributed by atoms with E-state index in [0.717, 1.165) is 11.3 Å². The Kier molecular flexibility index (Phi) is 3.46. The molecule has 0 bridgehead atoms. The number of aromatic nitrogens is 2. The molecule has 18 heavy (non-hydrogen) atoms. The average molecular weight is 243 g/mol. The Bertz CT molecular complexity index is 546. The first kappa shape index (κ1) is 12.4. The minimum absolute atomic E-state index is 0.0642. The third kappa shape index (κ3) is 2.59. The van der Waals surface area contributed by atoms with Gasteiger partial charge in [-0.15, -0.1) is 0 Å². The van der Waals surface area contributed by atoms with Crippen molar-refractivity contribution in [2.75, 3.05) is 5.32 Å². The van der Waals surface area contributed by atoms with Gasteiger partial charge in [0.25, 0.3) is 0 Å². The van der Waals surface area contributed by atoms with Crippen molar-refractivity contribution in [3.8, 4) is 0 Å². The molecule has 4 heteroatoms. The summed E-state index contributed by atoms with van der Waals surface area (Å²) >= 11 is 0. The summed E-state index contributed by atoms with van der Waals surface area (Å²) in [6.07, 6.45) is 3.45. The first-order valence-electron chi connectivity index (χ1n) is 5.95. The second-order valence-corrected chi connectivity index (χ2v) is 4.47. The molecule has 1 aromatic heterocycles. The highest BCUT2D eigenvalue weighted by Gasteiger charge is 2.15. The predicted octanol–water partition coefficient (Wildman–Crippen LogP) is 2.70. The molecule has 1 aromatic carbocycles. The van der Waals surface area contributed by atoms with Gasteiger partial charge in [-0.05, 0) is 38.5 Å². The third-order valence-corrected chi connectivity index (χ3v) is 2.94. The van der Waals surface area contributed by atoms with Gasteiger partial charge in [0.15, 0.2) is 0 Å². The zero-order valence-corrected chi connectivity index (χ0v) is 10.8. The molecule has 1 unspecified atom stereocenters. The van der Waals surface area contributed by atoms with Crippen molar-refractivity contribution in [1.82, 2.24) is 9.78 Å². The molecule has 0 radical (unpaired) electrons. The molecule has 0 saturated heterocycles. The third-order valence-electron chi connectivity index (χ3n) is 2.94. The number of hydrogen-bond donors (Lipinski definition) is 1. The van der Waals surface area contributed by atoms with Crippen LogP contribution in [0.3, 0.4) is 0 Å². The fourth-order valence-electron chi connectivity index (χ4n) is 1.82. The first-order valence-corrected chi connectivity index (χ1v) is 5.95. The Morgan fingerprint density at radius 1 is 1.39 bits per heavy atom. The van der Waals surface area contributed by atoms with Crippen LogP contribution in [0.5, 0.6) is 0 Å². The van der Waals surface area contributed by atoms with Gasteiger partial charge in [0.2, 0.25) is 5.91 Å². The molecule has 2 rings (SSSR count). The molecule has 0 spiro atoms. The number of hydrogen-bond acceptors (Lipinski definition) is 2. The predicted molar refractivity (Wildman–Crippen MR) is 71.5 cm³/mol. The summed E-state index contributed by atoms with van der Waals surface area (Å²) in [5, 5.41) is 7.00. The lowest BCUT2D eigenvalue weighted by Gasteiger charge is -2.14. The van der Waals surface area contributed by atoms with Crippen molar-refractivity contribution in [2.24, 2.45) is 0 Å². The summed E-state index contributed by atoms with van der Waals surface area (Å²) in [5.41, 5.74) is 3.10. The molecule has 4 nitrogen and oxygen atoms in total. The Hall–Kier alpha value is -2.10. The number of rotatable bonds is 3. The molecule has 1 N–H and O–H groups in total. The molecule has 1 heterocycles. The second-order valence-electron chi connectivity index (χ2n) is 4.47. The maximum absolute atomic E-state index is 12.1. The summed E-state index contributed by atoms with van der Waals surface area (Å²) in [5.74, 6) is -0.0642. The number of anilines is 1. The van der Waals surface area contributed by atoms with Gasteiger partial charge in [0, 0.05) is 18.1 Å². The van der Waals surface area contributed by atoms with E-state index in [4.69, 9.17) is 0 Å². The number of carbonyl (C=O) groups excluding carboxylic acids is 1. The number of aryl methyl sites for hydroxylation is 2. The minimum Gasteiger partial charge on any atom is -0.324 e. The molecule has 0 aliphatic rings. The lowest BCUT2D eigenvalue weighted by Crippen LogP contribution is -2.24. The standard InChI is InChI=1S/C14H17N3O/c1-10-5-6-13(11(2)9-10)16-14(18)12(3)17-8-4-7-15-17/h4-9,12H,1-3H3,(H,16,18).